The van der Waals surface area contributed by atoms with E-state index in [4.69, 9.17) is 9.47 Å². The van der Waals surface area contributed by atoms with Crippen LogP contribution >= 0.6 is 0 Å². The van der Waals surface area contributed by atoms with Gasteiger partial charge in [-0.15, -0.1) is 0 Å². The highest BCUT2D eigenvalue weighted by molar-refractivity contribution is 5.87. The topological polar surface area (TPSA) is 35.5 Å². The zero-order valence-corrected chi connectivity index (χ0v) is 15.4. The molecule has 0 amide bonds. The summed E-state index contributed by atoms with van der Waals surface area (Å²) in [6.07, 6.45) is 6.44. The highest BCUT2D eigenvalue weighted by atomic mass is 16.5. The maximum atomic E-state index is 11.8. The molecule has 0 aliphatic rings. The molecule has 0 fully saturated rings. The minimum atomic E-state index is -0.302. The molecule has 0 saturated carbocycles. The average molecular weight is 330 g/mol. The van der Waals surface area contributed by atoms with Gasteiger partial charge in [-0.1, -0.05) is 52.5 Å². The lowest BCUT2D eigenvalue weighted by Crippen LogP contribution is -2.03. The molecule has 0 aliphatic carbocycles. The smallest absolute Gasteiger partial charge is 0.330 e. The fourth-order valence-electron chi connectivity index (χ4n) is 2.37. The fraction of sp³-hybridized carbons (Fsp3) is 0.476. The maximum Gasteiger partial charge on any atom is 0.330 e. The summed E-state index contributed by atoms with van der Waals surface area (Å²) in [6, 6.07) is 6.49. The Morgan fingerprint density at radius 2 is 1.83 bits per heavy atom. The van der Waals surface area contributed by atoms with Crippen LogP contribution in [0.4, 0.5) is 0 Å². The zero-order chi connectivity index (χ0) is 17.9. The molecule has 132 valence electrons. The Kier molecular flexibility index (Phi) is 8.92. The molecule has 1 aromatic carbocycles. The van der Waals surface area contributed by atoms with Crippen molar-refractivity contribution in [1.82, 2.24) is 0 Å². The Morgan fingerprint density at radius 3 is 2.46 bits per heavy atom. The number of carbonyl (C=O) groups excluding carboxylic acids is 1. The zero-order valence-electron chi connectivity index (χ0n) is 15.4. The van der Waals surface area contributed by atoms with Crippen LogP contribution in [0.3, 0.4) is 0 Å². The fourth-order valence-corrected chi connectivity index (χ4v) is 2.37. The number of esters is 1. The predicted molar refractivity (Wildman–Crippen MR) is 100.0 cm³/mol. The number of hydrogen-bond acceptors (Lipinski definition) is 3. The van der Waals surface area contributed by atoms with Crippen LogP contribution in [0.2, 0.25) is 0 Å². The van der Waals surface area contributed by atoms with Crippen molar-refractivity contribution in [3.8, 4) is 0 Å². The first-order valence-corrected chi connectivity index (χ1v) is 8.67. The molecule has 1 aromatic rings. The van der Waals surface area contributed by atoms with Crippen LogP contribution in [0.1, 0.15) is 69.1 Å². The van der Waals surface area contributed by atoms with Gasteiger partial charge in [0, 0.05) is 6.08 Å². The summed E-state index contributed by atoms with van der Waals surface area (Å²) in [5.74, 6) is 0.569. The molecule has 0 aliphatic heterocycles. The normalized spacial score (nSPS) is 11.2. The van der Waals surface area contributed by atoms with Gasteiger partial charge in [0.2, 0.25) is 0 Å². The molecule has 0 saturated heterocycles. The molecule has 0 radical (unpaired) electrons. The lowest BCUT2D eigenvalue weighted by molar-refractivity contribution is -0.137. The number of ether oxygens (including phenoxy) is 2. The summed E-state index contributed by atoms with van der Waals surface area (Å²) in [6.45, 7) is 13.2. The van der Waals surface area contributed by atoms with Gasteiger partial charge in [0.1, 0.15) is 0 Å². The number of rotatable bonds is 10. The SMILES string of the molecule is C=COCCCCOC(=O)/C=C/c1cc(C(C)C)ccc1C(C)C. The number of benzene rings is 1. The van der Waals surface area contributed by atoms with Crippen LogP contribution in [0, 0.1) is 0 Å². The quantitative estimate of drug-likeness (QED) is 0.248. The lowest BCUT2D eigenvalue weighted by atomic mass is 9.92. The van der Waals surface area contributed by atoms with Gasteiger partial charge >= 0.3 is 5.97 Å². The van der Waals surface area contributed by atoms with Crippen molar-refractivity contribution in [3.63, 3.8) is 0 Å². The third kappa shape index (κ3) is 7.03. The third-order valence-electron chi connectivity index (χ3n) is 3.82. The Morgan fingerprint density at radius 1 is 1.12 bits per heavy atom. The summed E-state index contributed by atoms with van der Waals surface area (Å²) in [7, 11) is 0. The van der Waals surface area contributed by atoms with Crippen LogP contribution < -0.4 is 0 Å². The molecule has 3 heteroatoms. The van der Waals surface area contributed by atoms with Crippen molar-refractivity contribution in [1.29, 1.82) is 0 Å². The van der Waals surface area contributed by atoms with Gasteiger partial charge < -0.3 is 9.47 Å². The minimum Gasteiger partial charge on any atom is -0.502 e. The van der Waals surface area contributed by atoms with Crippen molar-refractivity contribution < 1.29 is 14.3 Å². The van der Waals surface area contributed by atoms with Crippen LogP contribution in [-0.2, 0) is 14.3 Å². The van der Waals surface area contributed by atoms with E-state index >= 15 is 0 Å². The minimum absolute atomic E-state index is 0.302. The van der Waals surface area contributed by atoms with Crippen molar-refractivity contribution in [2.24, 2.45) is 0 Å². The predicted octanol–water partition coefficient (Wildman–Crippen LogP) is 5.43. The van der Waals surface area contributed by atoms with Gasteiger partial charge in [-0.3, -0.25) is 0 Å². The molecule has 0 N–H and O–H groups in total. The molecule has 0 unspecified atom stereocenters. The Balaban J connectivity index is 2.62. The van der Waals surface area contributed by atoms with Crippen LogP contribution in [0.15, 0.2) is 37.1 Å². The first kappa shape index (κ1) is 20.0. The van der Waals surface area contributed by atoms with E-state index in [-0.39, 0.29) is 5.97 Å². The average Bonchev–Trinajstić information content (AvgIpc) is 2.55. The Hall–Kier alpha value is -2.03. The first-order chi connectivity index (χ1) is 11.5. The van der Waals surface area contributed by atoms with E-state index in [0.29, 0.717) is 25.0 Å². The summed E-state index contributed by atoms with van der Waals surface area (Å²) in [4.78, 5) is 11.8. The number of carbonyl (C=O) groups is 1. The summed E-state index contributed by atoms with van der Waals surface area (Å²) >= 11 is 0. The van der Waals surface area contributed by atoms with Crippen molar-refractivity contribution in [3.05, 3.63) is 53.8 Å². The van der Waals surface area contributed by atoms with Gasteiger partial charge in [-0.25, -0.2) is 4.79 Å². The molecular weight excluding hydrogens is 300 g/mol. The maximum absolute atomic E-state index is 11.8. The molecular formula is C21H30O3. The molecule has 0 spiro atoms. The van der Waals surface area contributed by atoms with E-state index in [2.05, 4.69) is 52.5 Å². The molecule has 1 rings (SSSR count). The molecule has 0 atom stereocenters. The Labute approximate surface area is 146 Å². The standard InChI is InChI=1S/C21H30O3/c1-6-23-13-7-8-14-24-21(22)12-10-19-15-18(16(2)3)9-11-20(19)17(4)5/h6,9-12,15-17H,1,7-8,13-14H2,2-5H3/b12-10+. The highest BCUT2D eigenvalue weighted by Gasteiger charge is 2.08. The van der Waals surface area contributed by atoms with Gasteiger partial charge in [-0.2, -0.15) is 0 Å². The summed E-state index contributed by atoms with van der Waals surface area (Å²) in [5, 5.41) is 0. The largest absolute Gasteiger partial charge is 0.502 e. The second-order valence-corrected chi connectivity index (χ2v) is 6.44. The van der Waals surface area contributed by atoms with Crippen LogP contribution in [-0.4, -0.2) is 19.2 Å². The van der Waals surface area contributed by atoms with E-state index in [9.17, 15) is 4.79 Å². The van der Waals surface area contributed by atoms with Gasteiger partial charge in [0.15, 0.2) is 0 Å². The van der Waals surface area contributed by atoms with Crippen molar-refractivity contribution in [2.75, 3.05) is 13.2 Å². The third-order valence-corrected chi connectivity index (χ3v) is 3.82. The molecule has 3 nitrogen and oxygen atoms in total. The summed E-state index contributed by atoms with van der Waals surface area (Å²) in [5.41, 5.74) is 3.60. The van der Waals surface area contributed by atoms with Gasteiger partial charge in [-0.05, 0) is 47.4 Å². The summed E-state index contributed by atoms with van der Waals surface area (Å²) < 4.78 is 10.2. The highest BCUT2D eigenvalue weighted by Crippen LogP contribution is 2.25. The second kappa shape index (κ2) is 10.7. The molecule has 0 heterocycles. The molecule has 0 bridgehead atoms. The van der Waals surface area contributed by atoms with E-state index in [1.54, 1.807) is 0 Å². The van der Waals surface area contributed by atoms with Gasteiger partial charge in [0.05, 0.1) is 19.5 Å². The van der Waals surface area contributed by atoms with Crippen LogP contribution in [0.5, 0.6) is 0 Å². The second-order valence-electron chi connectivity index (χ2n) is 6.44. The monoisotopic (exact) mass is 330 g/mol. The molecule has 0 aromatic heterocycles. The van der Waals surface area contributed by atoms with Crippen molar-refractivity contribution >= 4 is 12.0 Å². The van der Waals surface area contributed by atoms with Gasteiger partial charge in [0.25, 0.3) is 0 Å². The first-order valence-electron chi connectivity index (χ1n) is 8.67. The molecule has 24 heavy (non-hydrogen) atoms. The Bertz CT molecular complexity index is 556. The van der Waals surface area contributed by atoms with Crippen LogP contribution in [0.25, 0.3) is 6.08 Å². The van der Waals surface area contributed by atoms with Crippen molar-refractivity contribution in [2.45, 2.75) is 52.4 Å². The van der Waals surface area contributed by atoms with E-state index in [1.165, 1.54) is 23.5 Å². The van der Waals surface area contributed by atoms with E-state index in [0.717, 1.165) is 18.4 Å². The lowest BCUT2D eigenvalue weighted by Gasteiger charge is -2.14. The number of unbranched alkanes of at least 4 members (excludes halogenated alkanes) is 1. The number of hydrogen-bond donors (Lipinski definition) is 0. The van der Waals surface area contributed by atoms with E-state index in [1.807, 2.05) is 6.08 Å². The van der Waals surface area contributed by atoms with E-state index < -0.39 is 0 Å².